The highest BCUT2D eigenvalue weighted by Gasteiger charge is 2.08. The fraction of sp³-hybridized carbons (Fsp3) is 0.333. The van der Waals surface area contributed by atoms with Gasteiger partial charge >= 0.3 is 0 Å². The molecule has 0 aliphatic heterocycles. The molecule has 2 aromatic rings. The number of pyridine rings is 1. The summed E-state index contributed by atoms with van der Waals surface area (Å²) in [6.07, 6.45) is 0. The average molecular weight is 289 g/mol. The Morgan fingerprint density at radius 3 is 2.71 bits per heavy atom. The highest BCUT2D eigenvalue weighted by molar-refractivity contribution is 6.06. The van der Waals surface area contributed by atoms with Crippen LogP contribution >= 0.6 is 0 Å². The minimum Gasteiger partial charge on any atom is -0.475 e. The molecule has 112 valence electrons. The summed E-state index contributed by atoms with van der Waals surface area (Å²) in [6, 6.07) is 9.21. The van der Waals surface area contributed by atoms with E-state index < -0.39 is 0 Å². The highest BCUT2D eigenvalue weighted by atomic mass is 16.5. The Labute approximate surface area is 123 Å². The Morgan fingerprint density at radius 1 is 1.19 bits per heavy atom. The van der Waals surface area contributed by atoms with Crippen LogP contribution in [0.2, 0.25) is 0 Å². The molecule has 1 aromatic heterocycles. The number of amidine groups is 1. The molecule has 0 amide bonds. The van der Waals surface area contributed by atoms with Crippen molar-refractivity contribution in [2.24, 2.45) is 5.73 Å². The number of hydrogen-bond donors (Lipinski definition) is 2. The van der Waals surface area contributed by atoms with E-state index >= 15 is 0 Å². The van der Waals surface area contributed by atoms with Gasteiger partial charge in [0.15, 0.2) is 0 Å². The third kappa shape index (κ3) is 4.14. The van der Waals surface area contributed by atoms with Crippen molar-refractivity contribution in [3.05, 3.63) is 35.9 Å². The van der Waals surface area contributed by atoms with Gasteiger partial charge in [-0.25, -0.2) is 4.98 Å². The van der Waals surface area contributed by atoms with Crippen LogP contribution in [0.15, 0.2) is 30.3 Å². The number of ether oxygens (including phenoxy) is 3. The molecular weight excluding hydrogens is 270 g/mol. The van der Waals surface area contributed by atoms with Crippen molar-refractivity contribution in [2.75, 3.05) is 33.5 Å². The molecule has 1 aromatic carbocycles. The van der Waals surface area contributed by atoms with Crippen molar-refractivity contribution in [2.45, 2.75) is 0 Å². The molecule has 21 heavy (non-hydrogen) atoms. The van der Waals surface area contributed by atoms with Gasteiger partial charge < -0.3 is 19.9 Å². The smallest absolute Gasteiger partial charge is 0.214 e. The Morgan fingerprint density at radius 2 is 1.95 bits per heavy atom. The minimum absolute atomic E-state index is 0.00482. The summed E-state index contributed by atoms with van der Waals surface area (Å²) >= 11 is 0. The molecule has 0 radical (unpaired) electrons. The molecule has 0 spiro atoms. The second kappa shape index (κ2) is 7.56. The van der Waals surface area contributed by atoms with E-state index in [0.717, 1.165) is 10.9 Å². The van der Waals surface area contributed by atoms with E-state index in [1.165, 1.54) is 0 Å². The molecule has 6 nitrogen and oxygen atoms in total. The zero-order chi connectivity index (χ0) is 15.1. The summed E-state index contributed by atoms with van der Waals surface area (Å²) in [5.41, 5.74) is 6.99. The van der Waals surface area contributed by atoms with E-state index in [1.54, 1.807) is 13.2 Å². The van der Waals surface area contributed by atoms with Crippen LogP contribution in [0, 0.1) is 5.41 Å². The quantitative estimate of drug-likeness (QED) is 0.437. The summed E-state index contributed by atoms with van der Waals surface area (Å²) in [6.45, 7) is 1.92. The van der Waals surface area contributed by atoms with Gasteiger partial charge in [0.2, 0.25) is 5.88 Å². The fourth-order valence-electron chi connectivity index (χ4n) is 1.90. The largest absolute Gasteiger partial charge is 0.475 e. The number of nitrogens with two attached hydrogens (primary N) is 1. The first kappa shape index (κ1) is 15.2. The first-order valence-electron chi connectivity index (χ1n) is 6.66. The monoisotopic (exact) mass is 289 g/mol. The zero-order valence-corrected chi connectivity index (χ0v) is 12.0. The van der Waals surface area contributed by atoms with Crippen LogP contribution < -0.4 is 10.5 Å². The lowest BCUT2D eigenvalue weighted by molar-refractivity contribution is 0.0537. The molecular formula is C15H19N3O3. The second-order valence-corrected chi connectivity index (χ2v) is 4.39. The number of nitrogens with zero attached hydrogens (tertiary/aromatic N) is 1. The zero-order valence-electron chi connectivity index (χ0n) is 12.0. The Bertz CT molecular complexity index is 616. The van der Waals surface area contributed by atoms with Crippen molar-refractivity contribution >= 4 is 16.7 Å². The lowest BCUT2D eigenvalue weighted by atomic mass is 10.1. The molecule has 0 fully saturated rings. The lowest BCUT2D eigenvalue weighted by Crippen LogP contribution is -2.14. The molecule has 0 aliphatic carbocycles. The molecule has 0 bridgehead atoms. The predicted octanol–water partition coefficient (Wildman–Crippen LogP) is 1.56. The maximum absolute atomic E-state index is 7.66. The van der Waals surface area contributed by atoms with Gasteiger partial charge in [-0.05, 0) is 6.07 Å². The van der Waals surface area contributed by atoms with Crippen molar-refractivity contribution in [1.82, 2.24) is 4.98 Å². The standard InChI is InChI=1S/C15H19N3O3/c1-19-6-7-20-8-9-21-14-10-12(15(16)17)11-4-2-3-5-13(11)18-14/h2-5,10H,6-9H2,1H3,(H3,16,17). The molecule has 6 heteroatoms. The number of methoxy groups -OCH3 is 1. The van der Waals surface area contributed by atoms with Crippen LogP contribution in [0.25, 0.3) is 10.9 Å². The summed E-state index contributed by atoms with van der Waals surface area (Å²) in [7, 11) is 1.63. The summed E-state index contributed by atoms with van der Waals surface area (Å²) in [5.74, 6) is 0.434. The predicted molar refractivity (Wildman–Crippen MR) is 80.9 cm³/mol. The van der Waals surface area contributed by atoms with Crippen molar-refractivity contribution in [1.29, 1.82) is 5.41 Å². The number of nitrogens with one attached hydrogen (secondary N) is 1. The van der Waals surface area contributed by atoms with Crippen molar-refractivity contribution in [3.63, 3.8) is 0 Å². The van der Waals surface area contributed by atoms with Gasteiger partial charge in [0.25, 0.3) is 0 Å². The number of para-hydroxylation sites is 1. The Kier molecular flexibility index (Phi) is 5.48. The van der Waals surface area contributed by atoms with Gasteiger partial charge in [-0.15, -0.1) is 0 Å². The Hall–Kier alpha value is -2.18. The van der Waals surface area contributed by atoms with E-state index in [4.69, 9.17) is 25.4 Å². The van der Waals surface area contributed by atoms with Crippen LogP contribution in [0.1, 0.15) is 5.56 Å². The molecule has 0 atom stereocenters. The maximum atomic E-state index is 7.66. The summed E-state index contributed by atoms with van der Waals surface area (Å²) in [4.78, 5) is 4.40. The lowest BCUT2D eigenvalue weighted by Gasteiger charge is -2.10. The van der Waals surface area contributed by atoms with Crippen LogP contribution in [-0.2, 0) is 9.47 Å². The molecule has 0 unspecified atom stereocenters. The van der Waals surface area contributed by atoms with Crippen LogP contribution in [-0.4, -0.2) is 44.4 Å². The molecule has 0 aliphatic rings. The summed E-state index contributed by atoms with van der Waals surface area (Å²) < 4.78 is 15.8. The highest BCUT2D eigenvalue weighted by Crippen LogP contribution is 2.21. The summed E-state index contributed by atoms with van der Waals surface area (Å²) in [5, 5.41) is 8.50. The second-order valence-electron chi connectivity index (χ2n) is 4.39. The molecule has 1 heterocycles. The maximum Gasteiger partial charge on any atom is 0.214 e. The van der Waals surface area contributed by atoms with Gasteiger partial charge in [0, 0.05) is 24.1 Å². The van der Waals surface area contributed by atoms with E-state index in [1.807, 2.05) is 24.3 Å². The number of nitrogen functional groups attached to an aromatic ring is 1. The average Bonchev–Trinajstić information content (AvgIpc) is 2.49. The molecule has 3 N–H and O–H groups in total. The minimum atomic E-state index is -0.00482. The van der Waals surface area contributed by atoms with Gasteiger partial charge in [-0.3, -0.25) is 5.41 Å². The third-order valence-electron chi connectivity index (χ3n) is 2.89. The number of rotatable bonds is 8. The first-order chi connectivity index (χ1) is 10.2. The number of aromatic nitrogens is 1. The number of benzene rings is 1. The molecule has 0 saturated heterocycles. The molecule has 0 saturated carbocycles. The van der Waals surface area contributed by atoms with E-state index in [0.29, 0.717) is 37.9 Å². The molecule has 2 rings (SSSR count). The van der Waals surface area contributed by atoms with E-state index in [9.17, 15) is 0 Å². The van der Waals surface area contributed by atoms with Crippen LogP contribution in [0.4, 0.5) is 0 Å². The van der Waals surface area contributed by atoms with Gasteiger partial charge in [-0.2, -0.15) is 0 Å². The Balaban J connectivity index is 2.05. The van der Waals surface area contributed by atoms with Gasteiger partial charge in [0.1, 0.15) is 12.4 Å². The van der Waals surface area contributed by atoms with Crippen LogP contribution in [0.5, 0.6) is 5.88 Å². The first-order valence-corrected chi connectivity index (χ1v) is 6.66. The third-order valence-corrected chi connectivity index (χ3v) is 2.89. The topological polar surface area (TPSA) is 90.5 Å². The van der Waals surface area contributed by atoms with E-state index in [2.05, 4.69) is 4.98 Å². The van der Waals surface area contributed by atoms with Crippen LogP contribution in [0.3, 0.4) is 0 Å². The number of hydrogen-bond acceptors (Lipinski definition) is 5. The van der Waals surface area contributed by atoms with Crippen molar-refractivity contribution < 1.29 is 14.2 Å². The van der Waals surface area contributed by atoms with Gasteiger partial charge in [-0.1, -0.05) is 18.2 Å². The SMILES string of the molecule is COCCOCCOc1cc(C(=N)N)c2ccccc2n1. The van der Waals surface area contributed by atoms with E-state index in [-0.39, 0.29) is 5.84 Å². The fourth-order valence-corrected chi connectivity index (χ4v) is 1.90. The number of fused-ring (bicyclic) bond motifs is 1. The van der Waals surface area contributed by atoms with Gasteiger partial charge in [0.05, 0.1) is 25.3 Å². The normalized spacial score (nSPS) is 10.7. The van der Waals surface area contributed by atoms with Crippen molar-refractivity contribution in [3.8, 4) is 5.88 Å².